The quantitative estimate of drug-likeness (QED) is 0.0564. The van der Waals surface area contributed by atoms with Gasteiger partial charge in [0.1, 0.15) is 51.9 Å². The van der Waals surface area contributed by atoms with E-state index in [2.05, 4.69) is 9.97 Å². The van der Waals surface area contributed by atoms with Gasteiger partial charge >= 0.3 is 0 Å². The van der Waals surface area contributed by atoms with E-state index in [1.807, 2.05) is 180 Å². The Kier molecular flexibility index (Phi) is 12.9. The lowest BCUT2D eigenvalue weighted by molar-refractivity contribution is -0.119. The third-order valence-electron chi connectivity index (χ3n) is 12.1. The third kappa shape index (κ3) is 8.18. The number of hydrogen-bond acceptors (Lipinski definition) is 11. The summed E-state index contributed by atoms with van der Waals surface area (Å²) in [7, 11) is 6.46. The van der Waals surface area contributed by atoms with Crippen molar-refractivity contribution in [1.29, 1.82) is 0 Å². The first-order chi connectivity index (χ1) is 32.2. The predicted octanol–water partition coefficient (Wildman–Crippen LogP) is 9.67. The number of nitrogen functional groups attached to an aromatic ring is 1. The van der Waals surface area contributed by atoms with Crippen LogP contribution in [0.1, 0.15) is 39.6 Å². The maximum atomic E-state index is 18.5. The SMILES string of the molecule is COc1ccc(C(OC[C@H]2O[C@@H](n3cnc4c(N)nc(I)nc43)[C@H](OC(c3ccccc3)(c3ccc(OC)cc3)c3ccc(OC)cc3)[C@@H]2F)(c2ccccc2)c2ccc(OC)cc2)cc1. The minimum atomic E-state index is -1.80. The number of methoxy groups -OCH3 is 4. The second kappa shape index (κ2) is 19.1. The van der Waals surface area contributed by atoms with Gasteiger partial charge in [-0.25, -0.2) is 19.3 Å². The second-order valence-corrected chi connectivity index (χ2v) is 16.6. The number of aromatic nitrogens is 4. The number of ether oxygens (including phenoxy) is 7. The van der Waals surface area contributed by atoms with Crippen LogP contribution in [0.25, 0.3) is 11.2 Å². The van der Waals surface area contributed by atoms with E-state index >= 15 is 4.39 Å². The van der Waals surface area contributed by atoms with Crippen LogP contribution in [0.2, 0.25) is 0 Å². The van der Waals surface area contributed by atoms with Gasteiger partial charge in [0, 0.05) is 22.6 Å². The van der Waals surface area contributed by atoms with E-state index < -0.39 is 35.8 Å². The van der Waals surface area contributed by atoms with Gasteiger partial charge in [-0.3, -0.25) is 4.57 Å². The Hall–Kier alpha value is -6.59. The van der Waals surface area contributed by atoms with Gasteiger partial charge in [-0.1, -0.05) is 109 Å². The molecule has 9 rings (SSSR count). The molecule has 0 unspecified atom stereocenters. The largest absolute Gasteiger partial charge is 0.497 e. The monoisotopic (exact) mass is 999 g/mol. The van der Waals surface area contributed by atoms with Crippen molar-refractivity contribution in [3.8, 4) is 23.0 Å². The number of benzene rings is 6. The highest BCUT2D eigenvalue weighted by Crippen LogP contribution is 2.49. The van der Waals surface area contributed by atoms with E-state index in [0.717, 1.165) is 22.3 Å². The van der Waals surface area contributed by atoms with Crippen molar-refractivity contribution in [2.24, 2.45) is 0 Å². The lowest BCUT2D eigenvalue weighted by Gasteiger charge is -2.39. The fraction of sp³-hybridized carbons (Fsp3) is 0.212. The van der Waals surface area contributed by atoms with Crippen molar-refractivity contribution in [3.05, 3.63) is 201 Å². The van der Waals surface area contributed by atoms with Gasteiger partial charge in [-0.2, -0.15) is 0 Å². The van der Waals surface area contributed by atoms with E-state index in [1.165, 1.54) is 6.33 Å². The minimum absolute atomic E-state index is 0.178. The Labute approximate surface area is 395 Å². The summed E-state index contributed by atoms with van der Waals surface area (Å²) in [6.45, 7) is -0.227. The summed E-state index contributed by atoms with van der Waals surface area (Å²) < 4.78 is 64.5. The van der Waals surface area contributed by atoms with Crippen molar-refractivity contribution in [2.45, 2.75) is 35.8 Å². The van der Waals surface area contributed by atoms with Gasteiger partial charge in [0.25, 0.3) is 0 Å². The Morgan fingerprint density at radius 3 is 1.44 bits per heavy atom. The molecule has 0 saturated carbocycles. The highest BCUT2D eigenvalue weighted by Gasteiger charge is 2.54. The van der Waals surface area contributed by atoms with E-state index in [0.29, 0.717) is 49.1 Å². The van der Waals surface area contributed by atoms with E-state index in [9.17, 15) is 0 Å². The molecule has 3 heterocycles. The Bertz CT molecular complexity index is 2780. The highest BCUT2D eigenvalue weighted by molar-refractivity contribution is 14.1. The summed E-state index contributed by atoms with van der Waals surface area (Å²) in [4.78, 5) is 13.7. The molecule has 6 aromatic carbocycles. The first kappa shape index (κ1) is 44.6. The zero-order chi connectivity index (χ0) is 45.8. The lowest BCUT2D eigenvalue weighted by Crippen LogP contribution is -2.43. The van der Waals surface area contributed by atoms with Crippen LogP contribution in [0.3, 0.4) is 0 Å². The fourth-order valence-corrected chi connectivity index (χ4v) is 9.28. The van der Waals surface area contributed by atoms with Gasteiger partial charge in [-0.05, 0) is 81.9 Å². The van der Waals surface area contributed by atoms with Crippen LogP contribution in [0.15, 0.2) is 164 Å². The number of anilines is 1. The Balaban J connectivity index is 1.21. The minimum Gasteiger partial charge on any atom is -0.497 e. The molecule has 0 aliphatic carbocycles. The molecule has 2 aromatic heterocycles. The Morgan fingerprint density at radius 2 is 1.00 bits per heavy atom. The van der Waals surface area contributed by atoms with Gasteiger partial charge in [-0.15, -0.1) is 0 Å². The van der Waals surface area contributed by atoms with E-state index in [1.54, 1.807) is 33.0 Å². The van der Waals surface area contributed by atoms with Crippen molar-refractivity contribution in [3.63, 3.8) is 0 Å². The van der Waals surface area contributed by atoms with Gasteiger partial charge in [0.05, 0.1) is 41.4 Å². The number of hydrogen-bond donors (Lipinski definition) is 1. The summed E-state index contributed by atoms with van der Waals surface area (Å²) in [5, 5.41) is 0. The van der Waals surface area contributed by atoms with Crippen LogP contribution in [-0.2, 0) is 25.4 Å². The van der Waals surface area contributed by atoms with Crippen LogP contribution in [0, 0.1) is 3.83 Å². The topological polar surface area (TPSA) is 134 Å². The molecule has 1 aliphatic heterocycles. The summed E-state index contributed by atoms with van der Waals surface area (Å²) in [6.07, 6.45) is -3.92. The van der Waals surface area contributed by atoms with Crippen LogP contribution >= 0.6 is 22.6 Å². The van der Waals surface area contributed by atoms with Crippen LogP contribution in [-0.4, -0.2) is 72.9 Å². The molecule has 0 amide bonds. The van der Waals surface area contributed by atoms with Gasteiger partial charge < -0.3 is 38.9 Å². The molecule has 66 heavy (non-hydrogen) atoms. The van der Waals surface area contributed by atoms with Crippen LogP contribution in [0.5, 0.6) is 23.0 Å². The molecule has 0 spiro atoms. The molecule has 0 bridgehead atoms. The standard InChI is InChI=1S/C52H47FIN5O7/c1-60-39-23-15-35(16-24-39)51(33-11-7-5-8-12-33,36-17-25-40(61-2)26-18-36)64-31-43-44(53)46(49(65-43)59-32-56-45-47(55)57-50(54)58-48(45)59)66-52(34-13-9-6-10-14-34,37-19-27-41(62-3)28-20-37)38-21-29-42(63-4)30-22-38/h5-30,32,43-44,46,49H,31H2,1-4H3,(H2,55,57,58)/t43-,44-,46-,49-/m1/s1. The summed E-state index contributed by atoms with van der Waals surface area (Å²) in [5.74, 6) is 2.81. The molecule has 4 atom stereocenters. The first-order valence-corrected chi connectivity index (χ1v) is 22.3. The summed E-state index contributed by atoms with van der Waals surface area (Å²) >= 11 is 2.00. The van der Waals surface area contributed by atoms with Crippen molar-refractivity contribution < 1.29 is 37.5 Å². The van der Waals surface area contributed by atoms with E-state index in [-0.39, 0.29) is 12.4 Å². The van der Waals surface area contributed by atoms with Crippen LogP contribution in [0.4, 0.5) is 10.2 Å². The average Bonchev–Trinajstić information content (AvgIpc) is 3.93. The zero-order valence-electron chi connectivity index (χ0n) is 36.6. The van der Waals surface area contributed by atoms with Crippen LogP contribution < -0.4 is 24.7 Å². The second-order valence-electron chi connectivity index (χ2n) is 15.6. The fourth-order valence-electron chi connectivity index (χ4n) is 8.79. The Morgan fingerprint density at radius 1 is 0.591 bits per heavy atom. The van der Waals surface area contributed by atoms with Gasteiger partial charge in [0.2, 0.25) is 0 Å². The number of alkyl halides is 1. The molecule has 336 valence electrons. The molecule has 8 aromatic rings. The number of rotatable bonds is 16. The number of fused-ring (bicyclic) bond motifs is 1. The number of nitrogens with two attached hydrogens (primary N) is 1. The van der Waals surface area contributed by atoms with Crippen molar-refractivity contribution >= 4 is 39.6 Å². The molecule has 12 nitrogen and oxygen atoms in total. The normalized spacial score (nSPS) is 17.4. The molecule has 14 heteroatoms. The van der Waals surface area contributed by atoms with Crippen molar-refractivity contribution in [1.82, 2.24) is 19.5 Å². The predicted molar refractivity (Wildman–Crippen MR) is 257 cm³/mol. The highest BCUT2D eigenvalue weighted by atomic mass is 127. The smallest absolute Gasteiger partial charge is 0.194 e. The maximum absolute atomic E-state index is 18.5. The molecule has 1 saturated heterocycles. The molecular weight excluding hydrogens is 953 g/mol. The lowest BCUT2D eigenvalue weighted by atomic mass is 9.79. The van der Waals surface area contributed by atoms with E-state index in [4.69, 9.17) is 43.9 Å². The average molecular weight is 1000 g/mol. The molecule has 1 fully saturated rings. The molecular formula is C52H47FIN5O7. The van der Waals surface area contributed by atoms with Gasteiger partial charge in [0.15, 0.2) is 27.7 Å². The number of imidazole rings is 1. The molecule has 0 radical (unpaired) electrons. The first-order valence-electron chi connectivity index (χ1n) is 21.2. The zero-order valence-corrected chi connectivity index (χ0v) is 38.7. The molecule has 1 aliphatic rings. The summed E-state index contributed by atoms with van der Waals surface area (Å²) in [5.41, 5.74) is 8.94. The maximum Gasteiger partial charge on any atom is 0.194 e. The number of nitrogens with zero attached hydrogens (tertiary/aromatic N) is 4. The van der Waals surface area contributed by atoms with Crippen molar-refractivity contribution in [2.75, 3.05) is 40.8 Å². The third-order valence-corrected chi connectivity index (χ3v) is 12.6. The summed E-state index contributed by atoms with van der Waals surface area (Å²) in [6, 6.07) is 50.0. The molecule has 2 N–H and O–H groups in total. The number of halogens is 2.